The largest absolute Gasteiger partial charge is 0.489 e. The molecule has 33 heavy (non-hydrogen) atoms. The fraction of sp³-hybridized carbons (Fsp3) is 0.450. The molecule has 0 saturated heterocycles. The van der Waals surface area contributed by atoms with Crippen LogP contribution in [-0.2, 0) is 29.3 Å². The van der Waals surface area contributed by atoms with Crippen molar-refractivity contribution in [1.29, 1.82) is 0 Å². The third-order valence-corrected chi connectivity index (χ3v) is 10.1. The van der Waals surface area contributed by atoms with Crippen molar-refractivity contribution in [1.82, 2.24) is 9.97 Å². The van der Waals surface area contributed by atoms with E-state index in [2.05, 4.69) is 15.3 Å². The molecule has 0 fully saturated rings. The Morgan fingerprint density at radius 2 is 1.67 bits per heavy atom. The van der Waals surface area contributed by atoms with Gasteiger partial charge in [-0.1, -0.05) is 0 Å². The second-order valence-corrected chi connectivity index (χ2v) is 11.9. The van der Waals surface area contributed by atoms with Gasteiger partial charge in [-0.25, -0.2) is 4.98 Å². The molecule has 13 heteroatoms. The smallest absolute Gasteiger partial charge is 0.362 e. The molecule has 0 aliphatic rings. The molecular weight excluding hydrogens is 470 g/mol. The van der Waals surface area contributed by atoms with Gasteiger partial charge in [0.1, 0.15) is 23.9 Å². The summed E-state index contributed by atoms with van der Waals surface area (Å²) in [5, 5.41) is 2.91. The molecule has 0 aliphatic heterocycles. The van der Waals surface area contributed by atoms with E-state index in [0.29, 0.717) is 11.3 Å². The van der Waals surface area contributed by atoms with Gasteiger partial charge in [0.25, 0.3) is 5.91 Å². The van der Waals surface area contributed by atoms with Gasteiger partial charge >= 0.3 is 7.60 Å². The first-order chi connectivity index (χ1) is 15.6. The lowest BCUT2D eigenvalue weighted by atomic mass is 10.2. The van der Waals surface area contributed by atoms with Gasteiger partial charge in [0, 0.05) is 25.1 Å². The predicted molar refractivity (Wildman–Crippen MR) is 125 cm³/mol. The summed E-state index contributed by atoms with van der Waals surface area (Å²) in [6.45, 7) is 6.87. The SMILES string of the molecule is CCOP(C)(=O)C(Nc1cc(OCc2ccnc(C(N)=O)c2)ccn1)P(=O)(OCC)OCC. The number of amides is 1. The summed E-state index contributed by atoms with van der Waals surface area (Å²) in [5.74, 6) is 0.0322. The number of aromatic nitrogens is 2. The minimum absolute atomic E-state index is 0.0946. The van der Waals surface area contributed by atoms with Gasteiger partial charge in [0.2, 0.25) is 12.9 Å². The van der Waals surface area contributed by atoms with Crippen molar-refractivity contribution in [2.45, 2.75) is 32.9 Å². The summed E-state index contributed by atoms with van der Waals surface area (Å²) in [5.41, 5.74) is 4.81. The van der Waals surface area contributed by atoms with Crippen molar-refractivity contribution in [2.75, 3.05) is 31.8 Å². The Labute approximate surface area is 193 Å². The second kappa shape index (κ2) is 12.3. The van der Waals surface area contributed by atoms with Gasteiger partial charge in [-0.3, -0.25) is 18.9 Å². The Kier molecular flexibility index (Phi) is 10.0. The summed E-state index contributed by atoms with van der Waals surface area (Å²) in [4.78, 5) is 19.4. The van der Waals surface area contributed by atoms with Crippen molar-refractivity contribution < 1.29 is 32.2 Å². The second-order valence-electron chi connectivity index (χ2n) is 6.80. The van der Waals surface area contributed by atoms with E-state index in [4.69, 9.17) is 24.0 Å². The number of hydrogen-bond donors (Lipinski definition) is 2. The topological polar surface area (TPSA) is 152 Å². The highest BCUT2D eigenvalue weighted by Gasteiger charge is 2.47. The van der Waals surface area contributed by atoms with E-state index >= 15 is 0 Å². The minimum Gasteiger partial charge on any atom is -0.489 e. The maximum Gasteiger partial charge on any atom is 0.362 e. The number of carbonyl (C=O) groups is 1. The van der Waals surface area contributed by atoms with E-state index in [1.54, 1.807) is 39.0 Å². The molecular formula is C20H30N4O7P2. The molecule has 2 aromatic rings. The normalized spacial score (nSPS) is 14.3. The molecule has 11 nitrogen and oxygen atoms in total. The number of primary amides is 1. The first kappa shape index (κ1) is 27.0. The van der Waals surface area contributed by atoms with Crippen molar-refractivity contribution in [3.05, 3.63) is 47.9 Å². The lowest BCUT2D eigenvalue weighted by Gasteiger charge is -2.31. The molecule has 0 bridgehead atoms. The number of pyridine rings is 2. The van der Waals surface area contributed by atoms with Crippen molar-refractivity contribution >= 4 is 26.7 Å². The van der Waals surface area contributed by atoms with Gasteiger partial charge in [0.15, 0.2) is 0 Å². The summed E-state index contributed by atoms with van der Waals surface area (Å²) in [6.07, 6.45) is 2.94. The third-order valence-electron chi connectivity index (χ3n) is 4.24. The molecule has 2 heterocycles. The number of rotatable bonds is 14. The van der Waals surface area contributed by atoms with Gasteiger partial charge in [-0.2, -0.15) is 0 Å². The number of anilines is 1. The van der Waals surface area contributed by atoms with Crippen LogP contribution in [0, 0.1) is 0 Å². The van der Waals surface area contributed by atoms with E-state index in [-0.39, 0.29) is 37.9 Å². The standard InChI is InChI=1S/C20H30N4O7P2/c1-5-29-32(4,26)20(33(27,30-6-2)31-7-3)24-18-13-16(9-11-23-18)28-14-15-8-10-22-17(12-15)19(21)25/h8-13,20H,5-7,14H2,1-4H3,(H2,21,25)(H,23,24). The fourth-order valence-corrected chi connectivity index (χ4v) is 7.94. The van der Waals surface area contributed by atoms with Crippen LogP contribution >= 0.6 is 15.0 Å². The predicted octanol–water partition coefficient (Wildman–Crippen LogP) is 4.06. The van der Waals surface area contributed by atoms with E-state index in [9.17, 15) is 13.9 Å². The first-order valence-electron chi connectivity index (χ1n) is 10.4. The zero-order valence-electron chi connectivity index (χ0n) is 19.1. The molecule has 0 saturated carbocycles. The van der Waals surface area contributed by atoms with E-state index in [1.807, 2.05) is 0 Å². The molecule has 0 aliphatic carbocycles. The zero-order valence-corrected chi connectivity index (χ0v) is 20.9. The van der Waals surface area contributed by atoms with Crippen LogP contribution in [0.4, 0.5) is 5.82 Å². The maximum absolute atomic E-state index is 13.5. The van der Waals surface area contributed by atoms with Gasteiger partial charge in [-0.15, -0.1) is 0 Å². The van der Waals surface area contributed by atoms with Crippen molar-refractivity contribution in [3.8, 4) is 5.75 Å². The lowest BCUT2D eigenvalue weighted by Crippen LogP contribution is -2.24. The molecule has 182 valence electrons. The minimum atomic E-state index is -3.87. The molecule has 2 unspecified atom stereocenters. The number of nitrogens with zero attached hydrogens (tertiary/aromatic N) is 2. The average Bonchev–Trinajstić information content (AvgIpc) is 2.76. The summed E-state index contributed by atoms with van der Waals surface area (Å²) in [7, 11) is -7.37. The van der Waals surface area contributed by atoms with Crippen molar-refractivity contribution in [3.63, 3.8) is 0 Å². The molecule has 2 rings (SSSR count). The Hall–Kier alpha value is -2.29. The molecule has 0 radical (unpaired) electrons. The highest BCUT2D eigenvalue weighted by Crippen LogP contribution is 2.67. The number of nitrogens with one attached hydrogen (secondary N) is 1. The highest BCUT2D eigenvalue weighted by atomic mass is 31.2. The molecule has 1 amide bonds. The maximum atomic E-state index is 13.5. The molecule has 0 aromatic carbocycles. The number of carbonyl (C=O) groups excluding carboxylic acids is 1. The molecule has 2 atom stereocenters. The lowest BCUT2D eigenvalue weighted by molar-refractivity contribution is 0.0995. The molecule has 0 spiro atoms. The van der Waals surface area contributed by atoms with Crippen LogP contribution < -0.4 is 15.8 Å². The quantitative estimate of drug-likeness (QED) is 0.363. The van der Waals surface area contributed by atoms with Crippen LogP contribution in [0.2, 0.25) is 0 Å². The Morgan fingerprint density at radius 3 is 2.27 bits per heavy atom. The Balaban J connectivity index is 2.26. The van der Waals surface area contributed by atoms with E-state index in [0.717, 1.165) is 0 Å². The van der Waals surface area contributed by atoms with Gasteiger partial charge in [-0.05, 0) is 44.5 Å². The number of ether oxygens (including phenoxy) is 1. The Morgan fingerprint density at radius 1 is 1.03 bits per heavy atom. The Bertz CT molecular complexity index is 1030. The van der Waals surface area contributed by atoms with Crippen molar-refractivity contribution in [2.24, 2.45) is 5.73 Å². The average molecular weight is 500 g/mol. The first-order valence-corrected chi connectivity index (χ1v) is 14.1. The highest BCUT2D eigenvalue weighted by molar-refractivity contribution is 7.75. The summed E-state index contributed by atoms with van der Waals surface area (Å²) < 4.78 is 48.8. The van der Waals surface area contributed by atoms with Crippen LogP contribution in [0.1, 0.15) is 36.8 Å². The fourth-order valence-electron chi connectivity index (χ4n) is 2.90. The summed E-state index contributed by atoms with van der Waals surface area (Å²) in [6, 6.07) is 6.40. The van der Waals surface area contributed by atoms with Gasteiger partial charge < -0.3 is 29.4 Å². The van der Waals surface area contributed by atoms with E-state index in [1.165, 1.54) is 25.1 Å². The van der Waals surface area contributed by atoms with Crippen LogP contribution in [-0.4, -0.2) is 47.9 Å². The number of nitrogens with two attached hydrogens (primary N) is 1. The van der Waals surface area contributed by atoms with E-state index < -0.39 is 26.4 Å². The van der Waals surface area contributed by atoms with Crippen LogP contribution in [0.25, 0.3) is 0 Å². The number of hydrogen-bond acceptors (Lipinski definition) is 10. The van der Waals surface area contributed by atoms with Crippen LogP contribution in [0.3, 0.4) is 0 Å². The monoisotopic (exact) mass is 500 g/mol. The van der Waals surface area contributed by atoms with Crippen LogP contribution in [0.5, 0.6) is 5.75 Å². The zero-order chi connectivity index (χ0) is 24.5. The molecule has 2 aromatic heterocycles. The summed E-state index contributed by atoms with van der Waals surface area (Å²) >= 11 is 0. The van der Waals surface area contributed by atoms with Crippen LogP contribution in [0.15, 0.2) is 36.7 Å². The molecule has 3 N–H and O–H groups in total. The van der Waals surface area contributed by atoms with Gasteiger partial charge in [0.05, 0.1) is 19.8 Å². The third kappa shape index (κ3) is 7.62.